The number of carbonyl (C=O) groups excluding carboxylic acids is 1. The Hall–Kier alpha value is -1.39. The highest BCUT2D eigenvalue weighted by atomic mass is 16.3. The molecule has 0 aliphatic heterocycles. The molecule has 1 aromatic rings. The molecule has 1 aromatic carbocycles. The van der Waals surface area contributed by atoms with Gasteiger partial charge in [-0.05, 0) is 30.0 Å². The van der Waals surface area contributed by atoms with Gasteiger partial charge in [-0.15, -0.1) is 0 Å². The highest BCUT2D eigenvalue weighted by Gasteiger charge is 2.21. The number of anilines is 1. The summed E-state index contributed by atoms with van der Waals surface area (Å²) in [5.41, 5.74) is 7.56. The number of hydrogen-bond acceptors (Lipinski definition) is 3. The lowest BCUT2D eigenvalue weighted by atomic mass is 9.85. The van der Waals surface area contributed by atoms with Crippen molar-refractivity contribution < 1.29 is 9.90 Å². The standard InChI is InChI=1S/C16H24N2O2/c17-15(10-12-4-2-1-3-5-12)16(20)18-14-8-6-13(11-19)7-9-14/h6-9,12,15,19H,1-5,10-11,17H2,(H,18,20). The summed E-state index contributed by atoms with van der Waals surface area (Å²) < 4.78 is 0. The van der Waals surface area contributed by atoms with Gasteiger partial charge < -0.3 is 16.2 Å². The molecule has 1 fully saturated rings. The van der Waals surface area contributed by atoms with Crippen LogP contribution in [0.4, 0.5) is 5.69 Å². The lowest BCUT2D eigenvalue weighted by Crippen LogP contribution is -2.37. The van der Waals surface area contributed by atoms with Crippen molar-refractivity contribution in [3.05, 3.63) is 29.8 Å². The van der Waals surface area contributed by atoms with Gasteiger partial charge in [-0.25, -0.2) is 0 Å². The molecule has 4 heteroatoms. The maximum absolute atomic E-state index is 12.1. The van der Waals surface area contributed by atoms with Crippen LogP contribution >= 0.6 is 0 Å². The fourth-order valence-electron chi connectivity index (χ4n) is 2.82. The van der Waals surface area contributed by atoms with E-state index in [9.17, 15) is 4.79 Å². The van der Waals surface area contributed by atoms with E-state index < -0.39 is 6.04 Å². The van der Waals surface area contributed by atoms with E-state index in [0.717, 1.165) is 17.7 Å². The van der Waals surface area contributed by atoms with Crippen molar-refractivity contribution in [1.82, 2.24) is 0 Å². The Morgan fingerprint density at radius 2 is 1.90 bits per heavy atom. The van der Waals surface area contributed by atoms with Crippen molar-refractivity contribution in [1.29, 1.82) is 0 Å². The quantitative estimate of drug-likeness (QED) is 0.773. The van der Waals surface area contributed by atoms with Crippen LogP contribution in [-0.2, 0) is 11.4 Å². The number of aliphatic hydroxyl groups is 1. The molecular weight excluding hydrogens is 252 g/mol. The molecule has 0 spiro atoms. The van der Waals surface area contributed by atoms with Crippen molar-refractivity contribution in [2.24, 2.45) is 11.7 Å². The Labute approximate surface area is 120 Å². The summed E-state index contributed by atoms with van der Waals surface area (Å²) in [7, 11) is 0. The number of carbonyl (C=O) groups is 1. The molecule has 0 saturated heterocycles. The molecule has 1 unspecified atom stereocenters. The molecule has 110 valence electrons. The molecule has 1 atom stereocenters. The zero-order valence-electron chi connectivity index (χ0n) is 11.8. The zero-order chi connectivity index (χ0) is 14.4. The Morgan fingerprint density at radius 1 is 1.25 bits per heavy atom. The van der Waals surface area contributed by atoms with E-state index in [-0.39, 0.29) is 12.5 Å². The minimum Gasteiger partial charge on any atom is -0.392 e. The first kappa shape index (κ1) is 15.0. The summed E-state index contributed by atoms with van der Waals surface area (Å²) in [5.74, 6) is 0.480. The molecule has 0 radical (unpaired) electrons. The Balaban J connectivity index is 1.83. The SMILES string of the molecule is NC(CC1CCCCC1)C(=O)Nc1ccc(CO)cc1. The van der Waals surface area contributed by atoms with Crippen LogP contribution in [0.1, 0.15) is 44.1 Å². The van der Waals surface area contributed by atoms with Crippen LogP contribution in [0.25, 0.3) is 0 Å². The van der Waals surface area contributed by atoms with E-state index in [2.05, 4.69) is 5.32 Å². The minimum atomic E-state index is -0.435. The molecule has 20 heavy (non-hydrogen) atoms. The maximum Gasteiger partial charge on any atom is 0.241 e. The third kappa shape index (κ3) is 4.32. The minimum absolute atomic E-state index is 0.00935. The smallest absolute Gasteiger partial charge is 0.241 e. The van der Waals surface area contributed by atoms with Crippen molar-refractivity contribution in [2.75, 3.05) is 5.32 Å². The lowest BCUT2D eigenvalue weighted by molar-refractivity contribution is -0.117. The maximum atomic E-state index is 12.1. The van der Waals surface area contributed by atoms with Crippen molar-refractivity contribution in [3.8, 4) is 0 Å². The second kappa shape index (κ2) is 7.41. The molecule has 0 heterocycles. The van der Waals surface area contributed by atoms with Crippen LogP contribution in [-0.4, -0.2) is 17.1 Å². The second-order valence-electron chi connectivity index (χ2n) is 5.69. The van der Waals surface area contributed by atoms with Crippen LogP contribution < -0.4 is 11.1 Å². The van der Waals surface area contributed by atoms with Gasteiger partial charge in [0.2, 0.25) is 5.91 Å². The summed E-state index contributed by atoms with van der Waals surface area (Å²) in [4.78, 5) is 12.1. The van der Waals surface area contributed by atoms with E-state index in [1.807, 2.05) is 0 Å². The average Bonchev–Trinajstić information content (AvgIpc) is 2.49. The summed E-state index contributed by atoms with van der Waals surface area (Å²) in [5, 5.41) is 11.8. The number of hydrogen-bond donors (Lipinski definition) is 3. The zero-order valence-corrected chi connectivity index (χ0v) is 11.8. The summed E-state index contributed by atoms with van der Waals surface area (Å²) >= 11 is 0. The molecular formula is C16H24N2O2. The largest absolute Gasteiger partial charge is 0.392 e. The topological polar surface area (TPSA) is 75.4 Å². The monoisotopic (exact) mass is 276 g/mol. The van der Waals surface area contributed by atoms with Gasteiger partial charge in [-0.1, -0.05) is 44.2 Å². The van der Waals surface area contributed by atoms with Crippen LogP contribution in [0, 0.1) is 5.92 Å². The highest BCUT2D eigenvalue weighted by Crippen LogP contribution is 2.27. The number of nitrogens with one attached hydrogen (secondary N) is 1. The molecule has 1 aliphatic carbocycles. The first-order chi connectivity index (χ1) is 9.69. The Bertz CT molecular complexity index is 425. The fourth-order valence-corrected chi connectivity index (χ4v) is 2.82. The van der Waals surface area contributed by atoms with Gasteiger partial charge in [-0.2, -0.15) is 0 Å². The van der Waals surface area contributed by atoms with Gasteiger partial charge in [0.15, 0.2) is 0 Å². The molecule has 1 saturated carbocycles. The molecule has 1 amide bonds. The average molecular weight is 276 g/mol. The van der Waals surface area contributed by atoms with E-state index in [1.165, 1.54) is 32.1 Å². The van der Waals surface area contributed by atoms with Gasteiger partial charge in [0.1, 0.15) is 0 Å². The summed E-state index contributed by atoms with van der Waals surface area (Å²) in [6.07, 6.45) is 7.03. The van der Waals surface area contributed by atoms with Crippen molar-refractivity contribution in [3.63, 3.8) is 0 Å². The predicted molar refractivity (Wildman–Crippen MR) is 80.2 cm³/mol. The summed E-state index contributed by atoms with van der Waals surface area (Å²) in [6.45, 7) is 0.00935. The second-order valence-corrected chi connectivity index (χ2v) is 5.69. The predicted octanol–water partition coefficient (Wildman–Crippen LogP) is 2.42. The first-order valence-corrected chi connectivity index (χ1v) is 7.45. The number of rotatable bonds is 5. The third-order valence-electron chi connectivity index (χ3n) is 4.05. The normalized spacial score (nSPS) is 17.7. The summed E-state index contributed by atoms with van der Waals surface area (Å²) in [6, 6.07) is 6.73. The molecule has 4 nitrogen and oxygen atoms in total. The van der Waals surface area contributed by atoms with Crippen LogP contribution in [0.3, 0.4) is 0 Å². The van der Waals surface area contributed by atoms with Gasteiger partial charge in [-0.3, -0.25) is 4.79 Å². The number of amides is 1. The first-order valence-electron chi connectivity index (χ1n) is 7.45. The lowest BCUT2D eigenvalue weighted by Gasteiger charge is -2.24. The number of aliphatic hydroxyl groups excluding tert-OH is 1. The molecule has 0 bridgehead atoms. The number of nitrogens with two attached hydrogens (primary N) is 1. The highest BCUT2D eigenvalue weighted by molar-refractivity contribution is 5.94. The van der Waals surface area contributed by atoms with Crippen LogP contribution in [0.5, 0.6) is 0 Å². The van der Waals surface area contributed by atoms with Crippen LogP contribution in [0.2, 0.25) is 0 Å². The van der Waals surface area contributed by atoms with E-state index in [1.54, 1.807) is 24.3 Å². The van der Waals surface area contributed by atoms with Gasteiger partial charge >= 0.3 is 0 Å². The Morgan fingerprint density at radius 3 is 2.50 bits per heavy atom. The number of benzene rings is 1. The van der Waals surface area contributed by atoms with Crippen molar-refractivity contribution in [2.45, 2.75) is 51.2 Å². The molecule has 2 rings (SSSR count). The van der Waals surface area contributed by atoms with Gasteiger partial charge in [0, 0.05) is 5.69 Å². The van der Waals surface area contributed by atoms with Crippen molar-refractivity contribution >= 4 is 11.6 Å². The third-order valence-corrected chi connectivity index (χ3v) is 4.05. The van der Waals surface area contributed by atoms with E-state index in [0.29, 0.717) is 5.92 Å². The van der Waals surface area contributed by atoms with E-state index >= 15 is 0 Å². The van der Waals surface area contributed by atoms with Crippen LogP contribution in [0.15, 0.2) is 24.3 Å². The molecule has 1 aliphatic rings. The van der Waals surface area contributed by atoms with E-state index in [4.69, 9.17) is 10.8 Å². The van der Waals surface area contributed by atoms with Gasteiger partial charge in [0.05, 0.1) is 12.6 Å². The molecule has 4 N–H and O–H groups in total. The molecule has 0 aromatic heterocycles. The van der Waals surface area contributed by atoms with Gasteiger partial charge in [0.25, 0.3) is 0 Å². The Kier molecular flexibility index (Phi) is 5.56. The fraction of sp³-hybridized carbons (Fsp3) is 0.562.